The van der Waals surface area contributed by atoms with E-state index in [2.05, 4.69) is 5.32 Å². The highest BCUT2D eigenvalue weighted by Gasteiger charge is 2.24. The van der Waals surface area contributed by atoms with E-state index in [0.29, 0.717) is 6.54 Å². The third-order valence-corrected chi connectivity index (χ3v) is 4.04. The Bertz CT molecular complexity index is 474. The molecule has 1 fully saturated rings. The number of carbonyl (C=O) groups is 2. The molecular weight excluding hydrogens is 250 g/mol. The van der Waals surface area contributed by atoms with E-state index in [1.165, 1.54) is 11.3 Å². The lowest BCUT2D eigenvalue weighted by Crippen LogP contribution is -2.33. The van der Waals surface area contributed by atoms with Gasteiger partial charge in [0.1, 0.15) is 0 Å². The second kappa shape index (κ2) is 5.82. The Morgan fingerprint density at radius 1 is 1.44 bits per heavy atom. The quantitative estimate of drug-likeness (QED) is 0.802. The van der Waals surface area contributed by atoms with Gasteiger partial charge in [0.05, 0.1) is 6.54 Å². The Morgan fingerprint density at radius 3 is 2.83 bits per heavy atom. The first kappa shape index (κ1) is 12.8. The number of rotatable bonds is 5. The molecule has 0 radical (unpaired) electrons. The lowest BCUT2D eigenvalue weighted by Gasteiger charge is -2.23. The molecule has 5 heteroatoms. The topological polar surface area (TPSA) is 66.4 Å². The van der Waals surface area contributed by atoms with E-state index in [9.17, 15) is 9.59 Å². The van der Waals surface area contributed by atoms with Gasteiger partial charge in [-0.1, -0.05) is 6.42 Å². The first-order valence-electron chi connectivity index (χ1n) is 5.92. The van der Waals surface area contributed by atoms with Crippen molar-refractivity contribution >= 4 is 29.3 Å². The average molecular weight is 265 g/mol. The fourth-order valence-corrected chi connectivity index (χ4v) is 2.58. The molecule has 1 aromatic rings. The second-order valence-corrected chi connectivity index (χ2v) is 5.52. The number of aliphatic carboxylic acids is 1. The summed E-state index contributed by atoms with van der Waals surface area (Å²) in [5, 5.41) is 11.4. The Hall–Kier alpha value is -1.62. The van der Waals surface area contributed by atoms with E-state index < -0.39 is 5.97 Å². The number of carboxylic acid groups (broad SMARTS) is 1. The normalized spacial score (nSPS) is 15.6. The van der Waals surface area contributed by atoms with Crippen LogP contribution in [0.5, 0.6) is 0 Å². The molecule has 0 aliphatic heterocycles. The van der Waals surface area contributed by atoms with Gasteiger partial charge in [0.25, 0.3) is 0 Å². The van der Waals surface area contributed by atoms with Crippen LogP contribution in [0, 0.1) is 5.92 Å². The summed E-state index contributed by atoms with van der Waals surface area (Å²) < 4.78 is 0. The third-order valence-electron chi connectivity index (χ3n) is 2.99. The summed E-state index contributed by atoms with van der Waals surface area (Å²) in [4.78, 5) is 23.9. The van der Waals surface area contributed by atoms with Crippen molar-refractivity contribution in [2.45, 2.75) is 25.8 Å². The Labute approximate surface area is 109 Å². The molecule has 0 saturated heterocycles. The smallest absolute Gasteiger partial charge is 0.328 e. The molecule has 4 nitrogen and oxygen atoms in total. The largest absolute Gasteiger partial charge is 0.478 e. The average Bonchev–Trinajstić information content (AvgIpc) is 2.69. The summed E-state index contributed by atoms with van der Waals surface area (Å²) >= 11 is 1.49. The molecule has 1 aliphatic carbocycles. The van der Waals surface area contributed by atoms with E-state index in [1.807, 2.05) is 12.1 Å². The van der Waals surface area contributed by atoms with Gasteiger partial charge in [0.2, 0.25) is 5.91 Å². The van der Waals surface area contributed by atoms with E-state index in [4.69, 9.17) is 5.11 Å². The van der Waals surface area contributed by atoms with Crippen molar-refractivity contribution in [1.29, 1.82) is 0 Å². The first-order chi connectivity index (χ1) is 8.65. The summed E-state index contributed by atoms with van der Waals surface area (Å²) in [6.45, 7) is 0.529. The highest BCUT2D eigenvalue weighted by Crippen LogP contribution is 2.26. The minimum absolute atomic E-state index is 0.136. The highest BCUT2D eigenvalue weighted by atomic mass is 32.1. The molecule has 1 aliphatic rings. The summed E-state index contributed by atoms with van der Waals surface area (Å²) in [5.41, 5.74) is 0. The summed E-state index contributed by atoms with van der Waals surface area (Å²) in [7, 11) is 0. The van der Waals surface area contributed by atoms with Crippen LogP contribution < -0.4 is 5.32 Å². The Balaban J connectivity index is 1.82. The SMILES string of the molecule is O=C(O)C=Cc1ccc(CNC(=O)C2CCC2)s1. The van der Waals surface area contributed by atoms with Crippen molar-refractivity contribution in [3.05, 3.63) is 28.0 Å². The van der Waals surface area contributed by atoms with Crippen molar-refractivity contribution in [3.63, 3.8) is 0 Å². The molecule has 96 valence electrons. The molecular formula is C13H15NO3S. The van der Waals surface area contributed by atoms with Gasteiger partial charge in [0.15, 0.2) is 0 Å². The van der Waals surface area contributed by atoms with Crippen molar-refractivity contribution in [3.8, 4) is 0 Å². The molecule has 1 heterocycles. The fourth-order valence-electron chi connectivity index (χ4n) is 1.72. The zero-order valence-electron chi connectivity index (χ0n) is 9.89. The summed E-state index contributed by atoms with van der Waals surface area (Å²) in [5.74, 6) is -0.614. The number of nitrogens with one attached hydrogen (secondary N) is 1. The zero-order chi connectivity index (χ0) is 13.0. The van der Waals surface area contributed by atoms with E-state index >= 15 is 0 Å². The number of carboxylic acids is 1. The van der Waals surface area contributed by atoms with Crippen LogP contribution in [-0.4, -0.2) is 17.0 Å². The first-order valence-corrected chi connectivity index (χ1v) is 6.74. The maximum absolute atomic E-state index is 11.6. The van der Waals surface area contributed by atoms with E-state index in [0.717, 1.165) is 35.1 Å². The van der Waals surface area contributed by atoms with E-state index in [-0.39, 0.29) is 11.8 Å². The number of carbonyl (C=O) groups excluding carboxylic acids is 1. The van der Waals surface area contributed by atoms with Gasteiger partial charge in [-0.2, -0.15) is 0 Å². The number of amides is 1. The van der Waals surface area contributed by atoms with Crippen LogP contribution in [0.4, 0.5) is 0 Å². The summed E-state index contributed by atoms with van der Waals surface area (Å²) in [6, 6.07) is 3.77. The van der Waals surface area contributed by atoms with Crippen LogP contribution in [0.25, 0.3) is 6.08 Å². The van der Waals surface area contributed by atoms with Gasteiger partial charge < -0.3 is 10.4 Å². The molecule has 18 heavy (non-hydrogen) atoms. The van der Waals surface area contributed by atoms with Crippen LogP contribution in [0.2, 0.25) is 0 Å². The van der Waals surface area contributed by atoms with Gasteiger partial charge in [-0.25, -0.2) is 4.79 Å². The second-order valence-electron chi connectivity index (χ2n) is 4.32. The molecule has 1 saturated carbocycles. The van der Waals surface area contributed by atoms with Crippen LogP contribution in [0.3, 0.4) is 0 Å². The maximum Gasteiger partial charge on any atom is 0.328 e. The number of hydrogen-bond acceptors (Lipinski definition) is 3. The molecule has 0 spiro atoms. The Kier molecular flexibility index (Phi) is 4.15. The van der Waals surface area contributed by atoms with Gasteiger partial charge in [-0.15, -0.1) is 11.3 Å². The third kappa shape index (κ3) is 3.43. The standard InChI is InChI=1S/C13H15NO3S/c15-12(16)7-6-10-4-5-11(18-10)8-14-13(17)9-2-1-3-9/h4-7,9H,1-3,8H2,(H,14,17)(H,15,16). The molecule has 2 rings (SSSR count). The molecule has 0 atom stereocenters. The van der Waals surface area contributed by atoms with Gasteiger partial charge in [-0.05, 0) is 31.1 Å². The summed E-state index contributed by atoms with van der Waals surface area (Å²) in [6.07, 6.45) is 5.83. The monoisotopic (exact) mass is 265 g/mol. The van der Waals surface area contributed by atoms with Crippen molar-refractivity contribution in [2.24, 2.45) is 5.92 Å². The van der Waals surface area contributed by atoms with Gasteiger partial charge >= 0.3 is 5.97 Å². The van der Waals surface area contributed by atoms with Crippen LogP contribution in [0.1, 0.15) is 29.0 Å². The van der Waals surface area contributed by atoms with Crippen molar-refractivity contribution in [2.75, 3.05) is 0 Å². The molecule has 1 aromatic heterocycles. The van der Waals surface area contributed by atoms with E-state index in [1.54, 1.807) is 6.08 Å². The predicted octanol–water partition coefficient (Wildman–Crippen LogP) is 2.26. The van der Waals surface area contributed by atoms with Crippen LogP contribution in [-0.2, 0) is 16.1 Å². The lowest BCUT2D eigenvalue weighted by atomic mass is 9.85. The highest BCUT2D eigenvalue weighted by molar-refractivity contribution is 7.12. The fraction of sp³-hybridized carbons (Fsp3) is 0.385. The number of hydrogen-bond donors (Lipinski definition) is 2. The number of thiophene rings is 1. The predicted molar refractivity (Wildman–Crippen MR) is 70.2 cm³/mol. The van der Waals surface area contributed by atoms with Crippen molar-refractivity contribution < 1.29 is 14.7 Å². The van der Waals surface area contributed by atoms with Crippen LogP contribution >= 0.6 is 11.3 Å². The molecule has 0 unspecified atom stereocenters. The lowest BCUT2D eigenvalue weighted by molar-refractivity contribution is -0.131. The zero-order valence-corrected chi connectivity index (χ0v) is 10.7. The molecule has 0 bridgehead atoms. The van der Waals surface area contributed by atoms with Crippen molar-refractivity contribution in [1.82, 2.24) is 5.32 Å². The molecule has 0 aromatic carbocycles. The maximum atomic E-state index is 11.6. The minimum atomic E-state index is -0.955. The Morgan fingerprint density at radius 2 is 2.22 bits per heavy atom. The minimum Gasteiger partial charge on any atom is -0.478 e. The molecule has 2 N–H and O–H groups in total. The van der Waals surface area contributed by atoms with Crippen LogP contribution in [0.15, 0.2) is 18.2 Å². The molecule has 1 amide bonds. The van der Waals surface area contributed by atoms with Gasteiger partial charge in [0, 0.05) is 21.7 Å². The van der Waals surface area contributed by atoms with Gasteiger partial charge in [-0.3, -0.25) is 4.79 Å².